The largest absolute Gasteiger partial charge is 0.378 e. The predicted octanol–water partition coefficient (Wildman–Crippen LogP) is 3.48. The van der Waals surface area contributed by atoms with E-state index in [2.05, 4.69) is 10.2 Å². The Morgan fingerprint density at radius 1 is 1.09 bits per heavy atom. The minimum absolute atomic E-state index is 0.190. The number of morpholine rings is 1. The molecule has 10 heteroatoms. The number of ether oxygens (including phenoxy) is 1. The van der Waals surface area contributed by atoms with E-state index >= 15 is 0 Å². The minimum atomic E-state index is -0.951. The highest BCUT2D eigenvalue weighted by Crippen LogP contribution is 2.32. The van der Waals surface area contributed by atoms with Gasteiger partial charge in [0.25, 0.3) is 11.1 Å². The molecule has 166 valence electrons. The quantitative estimate of drug-likeness (QED) is 0.690. The third kappa shape index (κ3) is 4.97. The van der Waals surface area contributed by atoms with Crippen LogP contribution in [0.1, 0.15) is 5.56 Å². The first-order valence-electron chi connectivity index (χ1n) is 9.84. The smallest absolute Gasteiger partial charge is 0.294 e. The first kappa shape index (κ1) is 22.0. The lowest BCUT2D eigenvalue weighted by Crippen LogP contribution is -2.36. The molecule has 32 heavy (non-hydrogen) atoms. The molecular weight excluding hydrogens is 440 g/mol. The predicted molar refractivity (Wildman–Crippen MR) is 117 cm³/mol. The second-order valence-corrected chi connectivity index (χ2v) is 8.12. The third-order valence-corrected chi connectivity index (χ3v) is 5.86. The van der Waals surface area contributed by atoms with Crippen molar-refractivity contribution in [2.24, 2.45) is 0 Å². The van der Waals surface area contributed by atoms with Crippen LogP contribution in [0.3, 0.4) is 0 Å². The molecule has 7 nitrogen and oxygen atoms in total. The number of imide groups is 1. The minimum Gasteiger partial charge on any atom is -0.378 e. The van der Waals surface area contributed by atoms with Crippen molar-refractivity contribution in [1.29, 1.82) is 0 Å². The van der Waals surface area contributed by atoms with Crippen molar-refractivity contribution in [1.82, 2.24) is 4.90 Å². The highest BCUT2D eigenvalue weighted by Gasteiger charge is 2.36. The van der Waals surface area contributed by atoms with E-state index in [-0.39, 0.29) is 10.6 Å². The molecule has 3 amide bonds. The molecular formula is C22H19F2N3O4S. The van der Waals surface area contributed by atoms with Gasteiger partial charge in [0.2, 0.25) is 5.91 Å². The van der Waals surface area contributed by atoms with Crippen LogP contribution in [0.2, 0.25) is 0 Å². The number of nitrogens with zero attached hydrogens (tertiary/aromatic N) is 2. The van der Waals surface area contributed by atoms with Crippen molar-refractivity contribution in [3.63, 3.8) is 0 Å². The average molecular weight is 459 g/mol. The van der Waals surface area contributed by atoms with Crippen molar-refractivity contribution >= 4 is 46.3 Å². The van der Waals surface area contributed by atoms with Crippen LogP contribution in [0, 0.1) is 11.6 Å². The lowest BCUT2D eigenvalue weighted by atomic mass is 10.1. The zero-order valence-corrected chi connectivity index (χ0v) is 17.7. The Labute approximate surface area is 187 Å². The van der Waals surface area contributed by atoms with E-state index in [1.54, 1.807) is 6.08 Å². The molecule has 1 N–H and O–H groups in total. The van der Waals surface area contributed by atoms with Gasteiger partial charge in [-0.25, -0.2) is 8.78 Å². The zero-order chi connectivity index (χ0) is 22.7. The summed E-state index contributed by atoms with van der Waals surface area (Å²) in [6.45, 7) is 2.39. The van der Waals surface area contributed by atoms with Gasteiger partial charge in [-0.1, -0.05) is 12.1 Å². The molecule has 2 heterocycles. The summed E-state index contributed by atoms with van der Waals surface area (Å²) in [5.41, 5.74) is 1.55. The van der Waals surface area contributed by atoms with Crippen LogP contribution in [0.5, 0.6) is 0 Å². The van der Waals surface area contributed by atoms with Gasteiger partial charge in [0.05, 0.1) is 23.8 Å². The normalized spacial score (nSPS) is 17.9. The summed E-state index contributed by atoms with van der Waals surface area (Å²) >= 11 is 0.730. The molecule has 2 aliphatic heterocycles. The zero-order valence-electron chi connectivity index (χ0n) is 16.8. The van der Waals surface area contributed by atoms with Crippen molar-refractivity contribution in [3.05, 3.63) is 64.6 Å². The van der Waals surface area contributed by atoms with Crippen molar-refractivity contribution in [2.75, 3.05) is 43.1 Å². The molecule has 0 atom stereocenters. The Balaban J connectivity index is 1.40. The molecule has 0 saturated carbocycles. The molecule has 2 aromatic rings. The first-order valence-corrected chi connectivity index (χ1v) is 10.7. The maximum Gasteiger partial charge on any atom is 0.294 e. The number of benzene rings is 2. The molecule has 2 fully saturated rings. The highest BCUT2D eigenvalue weighted by molar-refractivity contribution is 8.18. The number of hydrogen-bond donors (Lipinski definition) is 1. The van der Waals surface area contributed by atoms with Gasteiger partial charge >= 0.3 is 0 Å². The van der Waals surface area contributed by atoms with E-state index in [0.29, 0.717) is 19.3 Å². The Morgan fingerprint density at radius 2 is 1.81 bits per heavy atom. The van der Waals surface area contributed by atoms with Gasteiger partial charge in [-0.15, -0.1) is 0 Å². The number of carbonyl (C=O) groups is 3. The van der Waals surface area contributed by atoms with Gasteiger partial charge in [0.15, 0.2) is 0 Å². The van der Waals surface area contributed by atoms with Crippen LogP contribution in [0.4, 0.5) is 25.0 Å². The number of anilines is 2. The van der Waals surface area contributed by atoms with Gasteiger partial charge < -0.3 is 15.0 Å². The SMILES string of the molecule is O=C(CN1C(=O)S/C(=C/c2ccc(N3CCOCC3)cc2)C1=O)Nc1ccc(F)cc1F. The van der Waals surface area contributed by atoms with Crippen LogP contribution in [-0.4, -0.2) is 54.8 Å². The molecule has 4 rings (SSSR count). The third-order valence-electron chi connectivity index (χ3n) is 4.95. The van der Waals surface area contributed by atoms with Crippen molar-refractivity contribution in [2.45, 2.75) is 0 Å². The Hall–Kier alpha value is -3.24. The van der Waals surface area contributed by atoms with E-state index in [1.807, 2.05) is 24.3 Å². The van der Waals surface area contributed by atoms with Crippen molar-refractivity contribution < 1.29 is 27.9 Å². The fraction of sp³-hybridized carbons (Fsp3) is 0.227. The molecule has 2 aromatic carbocycles. The van der Waals surface area contributed by atoms with E-state index in [4.69, 9.17) is 4.74 Å². The topological polar surface area (TPSA) is 79.0 Å². The van der Waals surface area contributed by atoms with E-state index in [9.17, 15) is 23.2 Å². The average Bonchev–Trinajstić information content (AvgIpc) is 3.04. The van der Waals surface area contributed by atoms with Gasteiger partial charge in [0, 0.05) is 24.8 Å². The standard InChI is InChI=1S/C22H19F2N3O4S/c23-15-3-6-18(17(24)12-15)25-20(28)13-27-21(29)19(32-22(27)30)11-14-1-4-16(5-2-14)26-7-9-31-10-8-26/h1-6,11-12H,7-10,13H2,(H,25,28)/b19-11+. The first-order chi connectivity index (χ1) is 15.4. The number of halogens is 2. The van der Waals surface area contributed by atoms with E-state index in [0.717, 1.165) is 53.1 Å². The Kier molecular flexibility index (Phi) is 6.52. The van der Waals surface area contributed by atoms with Crippen LogP contribution in [0.25, 0.3) is 6.08 Å². The maximum atomic E-state index is 13.7. The molecule has 2 aliphatic rings. The molecule has 2 saturated heterocycles. The summed E-state index contributed by atoms with van der Waals surface area (Å²) < 4.78 is 32.0. The highest BCUT2D eigenvalue weighted by atomic mass is 32.2. The summed E-state index contributed by atoms with van der Waals surface area (Å²) in [4.78, 5) is 40.2. The summed E-state index contributed by atoms with van der Waals surface area (Å²) in [5.74, 6) is -3.11. The van der Waals surface area contributed by atoms with Gasteiger partial charge in [-0.05, 0) is 47.7 Å². The van der Waals surface area contributed by atoms with Crippen molar-refractivity contribution in [3.8, 4) is 0 Å². The second kappa shape index (κ2) is 9.49. The molecule has 0 unspecified atom stereocenters. The summed E-state index contributed by atoms with van der Waals surface area (Å²) in [6.07, 6.45) is 1.59. The lowest BCUT2D eigenvalue weighted by molar-refractivity contribution is -0.127. The number of rotatable bonds is 5. The molecule has 0 spiro atoms. The van der Waals surface area contributed by atoms with Crippen LogP contribution >= 0.6 is 11.8 Å². The van der Waals surface area contributed by atoms with Gasteiger partial charge in [-0.3, -0.25) is 19.3 Å². The number of hydrogen-bond acceptors (Lipinski definition) is 6. The lowest BCUT2D eigenvalue weighted by Gasteiger charge is -2.28. The molecule has 0 radical (unpaired) electrons. The number of thioether (sulfide) groups is 1. The number of amides is 3. The molecule has 0 bridgehead atoms. The number of carbonyl (C=O) groups excluding carboxylic acids is 3. The summed E-state index contributed by atoms with van der Waals surface area (Å²) in [5, 5.41) is 1.64. The Bertz CT molecular complexity index is 1090. The van der Waals surface area contributed by atoms with Crippen LogP contribution < -0.4 is 10.2 Å². The molecule has 0 aliphatic carbocycles. The summed E-state index contributed by atoms with van der Waals surface area (Å²) in [6, 6.07) is 10.3. The van der Waals surface area contributed by atoms with E-state index in [1.165, 1.54) is 0 Å². The number of nitrogens with one attached hydrogen (secondary N) is 1. The summed E-state index contributed by atoms with van der Waals surface area (Å²) in [7, 11) is 0. The van der Waals surface area contributed by atoms with Gasteiger partial charge in [0.1, 0.15) is 18.2 Å². The van der Waals surface area contributed by atoms with Crippen LogP contribution in [0.15, 0.2) is 47.4 Å². The molecule has 0 aromatic heterocycles. The maximum absolute atomic E-state index is 13.7. The van der Waals surface area contributed by atoms with E-state index < -0.39 is 35.2 Å². The fourth-order valence-corrected chi connectivity index (χ4v) is 4.15. The monoisotopic (exact) mass is 459 g/mol. The van der Waals surface area contributed by atoms with Gasteiger partial charge in [-0.2, -0.15) is 0 Å². The van der Waals surface area contributed by atoms with Crippen LogP contribution in [-0.2, 0) is 14.3 Å². The Morgan fingerprint density at radius 3 is 2.50 bits per heavy atom. The fourth-order valence-electron chi connectivity index (χ4n) is 3.31. The second-order valence-electron chi connectivity index (χ2n) is 7.13.